The van der Waals surface area contributed by atoms with Crippen molar-refractivity contribution in [2.45, 2.75) is 13.8 Å². The van der Waals surface area contributed by atoms with Crippen LogP contribution in [0.4, 0.5) is 11.5 Å². The molecule has 84 valence electrons. The molecule has 0 spiro atoms. The zero-order valence-electron chi connectivity index (χ0n) is 9.66. The van der Waals surface area contributed by atoms with Gasteiger partial charge in [0.05, 0.1) is 12.3 Å². The predicted octanol–water partition coefficient (Wildman–Crippen LogP) is 1.44. The smallest absolute Gasteiger partial charge is 0.152 e. The number of likely N-dealkylation sites (N-methyl/N-ethyl adjacent to an activating group) is 1. The van der Waals surface area contributed by atoms with Gasteiger partial charge < -0.3 is 15.4 Å². The number of nitrogens with two attached hydrogens (primary N) is 1. The normalized spacial score (nSPS) is 10.3. The number of anilines is 2. The fraction of sp³-hybridized carbons (Fsp3) is 0.545. The van der Waals surface area contributed by atoms with Gasteiger partial charge in [-0.05, 0) is 26.0 Å². The number of methoxy groups -OCH3 is 1. The molecule has 0 aliphatic heterocycles. The van der Waals surface area contributed by atoms with Gasteiger partial charge in [-0.2, -0.15) is 0 Å². The van der Waals surface area contributed by atoms with E-state index in [-0.39, 0.29) is 0 Å². The van der Waals surface area contributed by atoms with E-state index in [1.165, 1.54) is 0 Å². The van der Waals surface area contributed by atoms with Crippen molar-refractivity contribution in [3.63, 3.8) is 0 Å². The number of pyridine rings is 1. The molecule has 0 aromatic carbocycles. The second-order valence-corrected chi connectivity index (χ2v) is 3.44. The molecule has 0 saturated heterocycles. The van der Waals surface area contributed by atoms with E-state index < -0.39 is 0 Å². The number of aryl methyl sites for hydroxylation is 1. The molecule has 1 heterocycles. The number of nitrogens with zero attached hydrogens (tertiary/aromatic N) is 2. The van der Waals surface area contributed by atoms with Crippen LogP contribution in [0.1, 0.15) is 12.6 Å². The van der Waals surface area contributed by atoms with Gasteiger partial charge >= 0.3 is 0 Å². The van der Waals surface area contributed by atoms with Crippen LogP contribution in [0.25, 0.3) is 0 Å². The lowest BCUT2D eigenvalue weighted by molar-refractivity contribution is 0.205. The lowest BCUT2D eigenvalue weighted by Crippen LogP contribution is -2.28. The third kappa shape index (κ3) is 3.09. The Balaban J connectivity index is 2.85. The number of nitrogen functional groups attached to an aromatic ring is 1. The van der Waals surface area contributed by atoms with Crippen LogP contribution >= 0.6 is 0 Å². The third-order valence-electron chi connectivity index (χ3n) is 2.29. The predicted molar refractivity (Wildman–Crippen MR) is 63.1 cm³/mol. The summed E-state index contributed by atoms with van der Waals surface area (Å²) in [6.45, 7) is 6.42. The van der Waals surface area contributed by atoms with Crippen LogP contribution in [0.5, 0.6) is 0 Å². The molecule has 0 bridgehead atoms. The number of ether oxygens (including phenoxy) is 1. The fourth-order valence-electron chi connectivity index (χ4n) is 1.42. The molecule has 4 nitrogen and oxygen atoms in total. The second-order valence-electron chi connectivity index (χ2n) is 3.44. The Bertz CT molecular complexity index is 315. The molecular formula is C11H19N3O. The maximum Gasteiger partial charge on any atom is 0.152 e. The van der Waals surface area contributed by atoms with Gasteiger partial charge in [-0.25, -0.2) is 4.98 Å². The number of rotatable bonds is 5. The third-order valence-corrected chi connectivity index (χ3v) is 2.29. The summed E-state index contributed by atoms with van der Waals surface area (Å²) in [6, 6.07) is 3.82. The monoisotopic (exact) mass is 209 g/mol. The van der Waals surface area contributed by atoms with E-state index in [9.17, 15) is 0 Å². The van der Waals surface area contributed by atoms with E-state index in [1.54, 1.807) is 7.11 Å². The van der Waals surface area contributed by atoms with Crippen molar-refractivity contribution in [1.82, 2.24) is 4.98 Å². The summed E-state index contributed by atoms with van der Waals surface area (Å²) in [4.78, 5) is 6.56. The Morgan fingerprint density at radius 2 is 2.20 bits per heavy atom. The standard InChI is InChI=1S/C11H19N3O/c1-4-14(7-8-15-3)11-10(12)6-5-9(2)13-11/h5-6H,4,7-8,12H2,1-3H3. The van der Waals surface area contributed by atoms with Crippen molar-refractivity contribution >= 4 is 11.5 Å². The molecule has 2 N–H and O–H groups in total. The molecule has 0 fully saturated rings. The average molecular weight is 209 g/mol. The molecular weight excluding hydrogens is 190 g/mol. The summed E-state index contributed by atoms with van der Waals surface area (Å²) in [5.74, 6) is 0.856. The minimum atomic E-state index is 0.683. The fourth-order valence-corrected chi connectivity index (χ4v) is 1.42. The summed E-state index contributed by atoms with van der Waals surface area (Å²) in [5, 5.41) is 0. The first-order chi connectivity index (χ1) is 7.19. The zero-order chi connectivity index (χ0) is 11.3. The first-order valence-corrected chi connectivity index (χ1v) is 5.16. The van der Waals surface area contributed by atoms with Gasteiger partial charge in [0.2, 0.25) is 0 Å². The van der Waals surface area contributed by atoms with Crippen LogP contribution in [-0.2, 0) is 4.74 Å². The van der Waals surface area contributed by atoms with E-state index in [2.05, 4.69) is 16.8 Å². The molecule has 1 aromatic heterocycles. The van der Waals surface area contributed by atoms with Crippen molar-refractivity contribution in [1.29, 1.82) is 0 Å². The number of hydrogen-bond acceptors (Lipinski definition) is 4. The second kappa shape index (κ2) is 5.56. The molecule has 0 amide bonds. The lowest BCUT2D eigenvalue weighted by Gasteiger charge is -2.23. The Hall–Kier alpha value is -1.29. The highest BCUT2D eigenvalue weighted by molar-refractivity contribution is 5.62. The van der Waals surface area contributed by atoms with Crippen LogP contribution in [0, 0.1) is 6.92 Å². The maximum absolute atomic E-state index is 5.89. The molecule has 4 heteroatoms. The van der Waals surface area contributed by atoms with Crippen LogP contribution < -0.4 is 10.6 Å². The summed E-state index contributed by atoms with van der Waals surface area (Å²) >= 11 is 0. The highest BCUT2D eigenvalue weighted by atomic mass is 16.5. The van der Waals surface area contributed by atoms with Gasteiger partial charge in [-0.1, -0.05) is 0 Å². The molecule has 0 saturated carbocycles. The maximum atomic E-state index is 5.89. The highest BCUT2D eigenvalue weighted by Gasteiger charge is 2.09. The SMILES string of the molecule is CCN(CCOC)c1nc(C)ccc1N. The van der Waals surface area contributed by atoms with Gasteiger partial charge in [-0.15, -0.1) is 0 Å². The van der Waals surface area contributed by atoms with Crippen LogP contribution in [0.3, 0.4) is 0 Å². The van der Waals surface area contributed by atoms with E-state index >= 15 is 0 Å². The summed E-state index contributed by atoms with van der Waals surface area (Å²) in [6.07, 6.45) is 0. The van der Waals surface area contributed by atoms with Gasteiger partial charge in [0.15, 0.2) is 5.82 Å². The summed E-state index contributed by atoms with van der Waals surface area (Å²) in [5.41, 5.74) is 7.60. The average Bonchev–Trinajstić information content (AvgIpc) is 2.24. The largest absolute Gasteiger partial charge is 0.396 e. The zero-order valence-corrected chi connectivity index (χ0v) is 9.66. The summed E-state index contributed by atoms with van der Waals surface area (Å²) < 4.78 is 5.06. The number of hydrogen-bond donors (Lipinski definition) is 1. The molecule has 0 radical (unpaired) electrons. The van der Waals surface area contributed by atoms with Gasteiger partial charge in [0.1, 0.15) is 0 Å². The number of aromatic nitrogens is 1. The molecule has 15 heavy (non-hydrogen) atoms. The van der Waals surface area contributed by atoms with Crippen LogP contribution in [0.15, 0.2) is 12.1 Å². The van der Waals surface area contributed by atoms with Crippen molar-refractivity contribution in [3.05, 3.63) is 17.8 Å². The molecule has 0 unspecified atom stereocenters. The highest BCUT2D eigenvalue weighted by Crippen LogP contribution is 2.20. The van der Waals surface area contributed by atoms with E-state index in [0.29, 0.717) is 6.61 Å². The van der Waals surface area contributed by atoms with Crippen molar-refractivity contribution < 1.29 is 4.74 Å². The topological polar surface area (TPSA) is 51.4 Å². The Kier molecular flexibility index (Phi) is 4.37. The van der Waals surface area contributed by atoms with Crippen molar-refractivity contribution in [2.24, 2.45) is 0 Å². The first kappa shape index (κ1) is 11.8. The molecule has 0 atom stereocenters. The van der Waals surface area contributed by atoms with Crippen LogP contribution in [-0.4, -0.2) is 31.8 Å². The Labute approximate surface area is 91.1 Å². The van der Waals surface area contributed by atoms with Crippen molar-refractivity contribution in [2.75, 3.05) is 37.4 Å². The van der Waals surface area contributed by atoms with Gasteiger partial charge in [0.25, 0.3) is 0 Å². The minimum Gasteiger partial charge on any atom is -0.396 e. The Morgan fingerprint density at radius 3 is 2.80 bits per heavy atom. The minimum absolute atomic E-state index is 0.683. The molecule has 0 aliphatic carbocycles. The summed E-state index contributed by atoms with van der Waals surface area (Å²) in [7, 11) is 1.70. The van der Waals surface area contributed by atoms with Crippen molar-refractivity contribution in [3.8, 4) is 0 Å². The van der Waals surface area contributed by atoms with Gasteiger partial charge in [-0.3, -0.25) is 0 Å². The molecule has 0 aliphatic rings. The van der Waals surface area contributed by atoms with Gasteiger partial charge in [0, 0.05) is 25.9 Å². The Morgan fingerprint density at radius 1 is 1.47 bits per heavy atom. The molecule has 1 rings (SSSR count). The van der Waals surface area contributed by atoms with E-state index in [0.717, 1.165) is 30.3 Å². The first-order valence-electron chi connectivity index (χ1n) is 5.16. The lowest BCUT2D eigenvalue weighted by atomic mass is 10.3. The quantitative estimate of drug-likeness (QED) is 0.797. The van der Waals surface area contributed by atoms with E-state index in [1.807, 2.05) is 19.1 Å². The molecule has 1 aromatic rings. The van der Waals surface area contributed by atoms with E-state index in [4.69, 9.17) is 10.5 Å². The van der Waals surface area contributed by atoms with Crippen LogP contribution in [0.2, 0.25) is 0 Å².